The summed E-state index contributed by atoms with van der Waals surface area (Å²) in [6, 6.07) is 14.4. The second-order valence-electron chi connectivity index (χ2n) is 5.76. The lowest BCUT2D eigenvalue weighted by molar-refractivity contribution is -0.120. The summed E-state index contributed by atoms with van der Waals surface area (Å²) in [6.07, 6.45) is 0.447. The van der Waals surface area contributed by atoms with Crippen LogP contribution in [0.4, 0.5) is 0 Å². The third-order valence-corrected chi connectivity index (χ3v) is 4.19. The standard InChI is InChI=1S/C18H23N3O/c22-18(20-10-13-21-11-8-19-9-12-21)14-16-6-3-5-15-4-1-2-7-17(15)16/h1-7,19H,8-14H2,(H,20,22). The van der Waals surface area contributed by atoms with Crippen LogP contribution in [-0.2, 0) is 11.2 Å². The molecule has 0 saturated carbocycles. The summed E-state index contributed by atoms with van der Waals surface area (Å²) in [4.78, 5) is 14.5. The number of nitrogens with one attached hydrogen (secondary N) is 2. The van der Waals surface area contributed by atoms with Crippen LogP contribution in [0.1, 0.15) is 5.56 Å². The van der Waals surface area contributed by atoms with Gasteiger partial charge in [-0.15, -0.1) is 0 Å². The summed E-state index contributed by atoms with van der Waals surface area (Å²) in [6.45, 7) is 5.89. The van der Waals surface area contributed by atoms with Crippen molar-refractivity contribution in [2.24, 2.45) is 0 Å². The van der Waals surface area contributed by atoms with Crippen LogP contribution >= 0.6 is 0 Å². The van der Waals surface area contributed by atoms with E-state index in [9.17, 15) is 4.79 Å². The van der Waals surface area contributed by atoms with E-state index in [0.29, 0.717) is 6.42 Å². The van der Waals surface area contributed by atoms with Crippen molar-refractivity contribution in [3.05, 3.63) is 48.0 Å². The molecule has 1 aliphatic heterocycles. The number of nitrogens with zero attached hydrogens (tertiary/aromatic N) is 1. The fourth-order valence-electron chi connectivity index (χ4n) is 2.97. The molecule has 4 nitrogen and oxygen atoms in total. The van der Waals surface area contributed by atoms with Crippen LogP contribution in [-0.4, -0.2) is 50.1 Å². The summed E-state index contributed by atoms with van der Waals surface area (Å²) in [5, 5.41) is 8.73. The molecule has 0 spiro atoms. The number of hydrogen-bond donors (Lipinski definition) is 2. The molecular weight excluding hydrogens is 274 g/mol. The monoisotopic (exact) mass is 297 g/mol. The lowest BCUT2D eigenvalue weighted by atomic mass is 10.0. The smallest absolute Gasteiger partial charge is 0.224 e. The molecule has 4 heteroatoms. The zero-order chi connectivity index (χ0) is 15.2. The highest BCUT2D eigenvalue weighted by molar-refractivity contribution is 5.90. The van der Waals surface area contributed by atoms with E-state index >= 15 is 0 Å². The molecule has 0 radical (unpaired) electrons. The number of benzene rings is 2. The quantitative estimate of drug-likeness (QED) is 0.877. The van der Waals surface area contributed by atoms with Crippen LogP contribution in [0.15, 0.2) is 42.5 Å². The minimum absolute atomic E-state index is 0.103. The maximum Gasteiger partial charge on any atom is 0.224 e. The van der Waals surface area contributed by atoms with E-state index in [1.54, 1.807) is 0 Å². The lowest BCUT2D eigenvalue weighted by Crippen LogP contribution is -2.46. The van der Waals surface area contributed by atoms with Crippen molar-refractivity contribution in [1.29, 1.82) is 0 Å². The van der Waals surface area contributed by atoms with Gasteiger partial charge in [0.05, 0.1) is 6.42 Å². The molecule has 0 aliphatic carbocycles. The van der Waals surface area contributed by atoms with Gasteiger partial charge in [-0.2, -0.15) is 0 Å². The fourth-order valence-corrected chi connectivity index (χ4v) is 2.97. The molecule has 3 rings (SSSR count). The minimum atomic E-state index is 0.103. The molecule has 2 aromatic rings. The van der Waals surface area contributed by atoms with E-state index in [1.807, 2.05) is 24.3 Å². The Bertz CT molecular complexity index is 630. The number of piperazine rings is 1. The van der Waals surface area contributed by atoms with Gasteiger partial charge in [0, 0.05) is 39.3 Å². The molecule has 1 heterocycles. The third kappa shape index (κ3) is 3.84. The molecule has 1 aliphatic rings. The minimum Gasteiger partial charge on any atom is -0.355 e. The average molecular weight is 297 g/mol. The molecule has 116 valence electrons. The summed E-state index contributed by atoms with van der Waals surface area (Å²) >= 11 is 0. The molecule has 1 saturated heterocycles. The highest BCUT2D eigenvalue weighted by Crippen LogP contribution is 2.18. The SMILES string of the molecule is O=C(Cc1cccc2ccccc12)NCCN1CCNCC1. The van der Waals surface area contributed by atoms with Gasteiger partial charge in [0.1, 0.15) is 0 Å². The van der Waals surface area contributed by atoms with Crippen molar-refractivity contribution in [3.8, 4) is 0 Å². The molecule has 2 aromatic carbocycles. The Morgan fingerprint density at radius 1 is 1.09 bits per heavy atom. The van der Waals surface area contributed by atoms with Crippen LogP contribution in [0.25, 0.3) is 10.8 Å². The Labute approximate surface area is 131 Å². The Balaban J connectivity index is 1.52. The predicted octanol–water partition coefficient (Wildman–Crippen LogP) is 1.40. The van der Waals surface area contributed by atoms with Crippen molar-refractivity contribution in [3.63, 3.8) is 0 Å². The third-order valence-electron chi connectivity index (χ3n) is 4.19. The number of carbonyl (C=O) groups excluding carboxylic acids is 1. The van der Waals surface area contributed by atoms with E-state index in [0.717, 1.165) is 44.8 Å². The number of fused-ring (bicyclic) bond motifs is 1. The van der Waals surface area contributed by atoms with Crippen LogP contribution < -0.4 is 10.6 Å². The second-order valence-corrected chi connectivity index (χ2v) is 5.76. The van der Waals surface area contributed by atoms with Gasteiger partial charge in [-0.05, 0) is 16.3 Å². The normalized spacial score (nSPS) is 15.8. The predicted molar refractivity (Wildman–Crippen MR) is 90.0 cm³/mol. The van der Waals surface area contributed by atoms with E-state index in [2.05, 4.69) is 33.7 Å². The molecule has 2 N–H and O–H groups in total. The van der Waals surface area contributed by atoms with Crippen LogP contribution in [0.2, 0.25) is 0 Å². The summed E-state index contributed by atoms with van der Waals surface area (Å²) in [5.74, 6) is 0.103. The maximum absolute atomic E-state index is 12.2. The lowest BCUT2D eigenvalue weighted by Gasteiger charge is -2.27. The largest absolute Gasteiger partial charge is 0.355 e. The highest BCUT2D eigenvalue weighted by Gasteiger charge is 2.10. The first-order valence-corrected chi connectivity index (χ1v) is 7.99. The van der Waals surface area contributed by atoms with Gasteiger partial charge in [0.25, 0.3) is 0 Å². The Morgan fingerprint density at radius 3 is 2.73 bits per heavy atom. The summed E-state index contributed by atoms with van der Waals surface area (Å²) in [5.41, 5.74) is 1.10. The van der Waals surface area contributed by atoms with Gasteiger partial charge < -0.3 is 10.6 Å². The number of hydrogen-bond acceptors (Lipinski definition) is 3. The summed E-state index contributed by atoms with van der Waals surface area (Å²) < 4.78 is 0. The van der Waals surface area contributed by atoms with Gasteiger partial charge in [0.2, 0.25) is 5.91 Å². The zero-order valence-electron chi connectivity index (χ0n) is 12.8. The molecule has 0 atom stereocenters. The molecule has 0 unspecified atom stereocenters. The first kappa shape index (κ1) is 15.0. The maximum atomic E-state index is 12.2. The van der Waals surface area contributed by atoms with Gasteiger partial charge in [0.15, 0.2) is 0 Å². The molecule has 0 aromatic heterocycles. The fraction of sp³-hybridized carbons (Fsp3) is 0.389. The first-order valence-electron chi connectivity index (χ1n) is 7.99. The van der Waals surface area contributed by atoms with Crippen molar-refractivity contribution >= 4 is 16.7 Å². The van der Waals surface area contributed by atoms with E-state index in [1.165, 1.54) is 10.8 Å². The molecule has 1 amide bonds. The molecule has 1 fully saturated rings. The zero-order valence-corrected chi connectivity index (χ0v) is 12.8. The van der Waals surface area contributed by atoms with Gasteiger partial charge in [-0.1, -0.05) is 42.5 Å². The Hall–Kier alpha value is -1.91. The van der Waals surface area contributed by atoms with E-state index in [4.69, 9.17) is 0 Å². The van der Waals surface area contributed by atoms with Crippen LogP contribution in [0.5, 0.6) is 0 Å². The molecular formula is C18H23N3O. The van der Waals surface area contributed by atoms with Crippen molar-refractivity contribution < 1.29 is 4.79 Å². The van der Waals surface area contributed by atoms with Crippen molar-refractivity contribution in [2.75, 3.05) is 39.3 Å². The first-order chi connectivity index (χ1) is 10.8. The van der Waals surface area contributed by atoms with E-state index < -0.39 is 0 Å². The summed E-state index contributed by atoms with van der Waals surface area (Å²) in [7, 11) is 0. The Morgan fingerprint density at radius 2 is 1.86 bits per heavy atom. The van der Waals surface area contributed by atoms with Gasteiger partial charge in [-0.25, -0.2) is 0 Å². The van der Waals surface area contributed by atoms with Gasteiger partial charge in [-0.3, -0.25) is 9.69 Å². The van der Waals surface area contributed by atoms with Crippen LogP contribution in [0.3, 0.4) is 0 Å². The van der Waals surface area contributed by atoms with Crippen LogP contribution in [0, 0.1) is 0 Å². The molecule has 22 heavy (non-hydrogen) atoms. The number of amides is 1. The number of carbonyl (C=O) groups is 1. The number of rotatable bonds is 5. The second kappa shape index (κ2) is 7.38. The van der Waals surface area contributed by atoms with Gasteiger partial charge >= 0.3 is 0 Å². The van der Waals surface area contributed by atoms with E-state index in [-0.39, 0.29) is 5.91 Å². The molecule has 0 bridgehead atoms. The van der Waals surface area contributed by atoms with Crippen molar-refractivity contribution in [1.82, 2.24) is 15.5 Å². The Kier molecular flexibility index (Phi) is 5.03. The topological polar surface area (TPSA) is 44.4 Å². The average Bonchev–Trinajstić information content (AvgIpc) is 2.56. The highest BCUT2D eigenvalue weighted by atomic mass is 16.1. The van der Waals surface area contributed by atoms with Crippen molar-refractivity contribution in [2.45, 2.75) is 6.42 Å².